The Labute approximate surface area is 50.8 Å². The minimum atomic E-state index is -4.15. The van der Waals surface area contributed by atoms with Gasteiger partial charge in [0.05, 0.1) is 7.05 Å². The lowest BCUT2D eigenvalue weighted by molar-refractivity contribution is -0.936. The standard InChI is InChI=1S/C4H8F3N2/c1-3-8-9(3,2)4(5,6)7/h3,8H,1-2H3/q+1. The number of rotatable bonds is 0. The van der Waals surface area contributed by atoms with Gasteiger partial charge in [0.2, 0.25) is 6.17 Å². The summed E-state index contributed by atoms with van der Waals surface area (Å²) in [5.74, 6) is 0. The molecule has 1 aliphatic heterocycles. The Kier molecular flexibility index (Phi) is 1.07. The van der Waals surface area contributed by atoms with Gasteiger partial charge in [-0.15, -0.1) is 17.8 Å². The first-order valence-corrected chi connectivity index (χ1v) is 2.59. The fourth-order valence-corrected chi connectivity index (χ4v) is 0.648. The lowest BCUT2D eigenvalue weighted by Crippen LogP contribution is -2.40. The van der Waals surface area contributed by atoms with Crippen molar-refractivity contribution in [3.05, 3.63) is 0 Å². The van der Waals surface area contributed by atoms with E-state index in [2.05, 4.69) is 5.43 Å². The molecule has 9 heavy (non-hydrogen) atoms. The van der Waals surface area contributed by atoms with Crippen LogP contribution in [0.3, 0.4) is 0 Å². The van der Waals surface area contributed by atoms with Crippen molar-refractivity contribution >= 4 is 0 Å². The predicted octanol–water partition coefficient (Wildman–Crippen LogP) is 0.817. The van der Waals surface area contributed by atoms with Gasteiger partial charge < -0.3 is 0 Å². The number of nitrogens with one attached hydrogen (secondary N) is 1. The smallest absolute Gasteiger partial charge is 0.133 e. The maximum absolute atomic E-state index is 11.8. The summed E-state index contributed by atoms with van der Waals surface area (Å²) < 4.78 is 34.4. The quantitative estimate of drug-likeness (QED) is 0.301. The van der Waals surface area contributed by atoms with E-state index < -0.39 is 17.1 Å². The van der Waals surface area contributed by atoms with Crippen LogP contribution >= 0.6 is 0 Å². The third-order valence-corrected chi connectivity index (χ3v) is 1.69. The molecule has 2 nitrogen and oxygen atoms in total. The van der Waals surface area contributed by atoms with Crippen molar-refractivity contribution in [2.24, 2.45) is 0 Å². The van der Waals surface area contributed by atoms with E-state index in [0.717, 1.165) is 7.05 Å². The highest BCUT2D eigenvalue weighted by atomic mass is 19.4. The summed E-state index contributed by atoms with van der Waals surface area (Å²) in [5.41, 5.74) is 2.26. The summed E-state index contributed by atoms with van der Waals surface area (Å²) in [5, 5.41) is 0. The van der Waals surface area contributed by atoms with E-state index in [4.69, 9.17) is 0 Å². The molecular formula is C4H8F3N2+. The highest BCUT2D eigenvalue weighted by molar-refractivity contribution is 4.55. The van der Waals surface area contributed by atoms with Crippen LogP contribution in [0.1, 0.15) is 6.92 Å². The molecule has 0 aliphatic carbocycles. The first kappa shape index (κ1) is 6.82. The summed E-state index contributed by atoms with van der Waals surface area (Å²) in [6.07, 6.45) is -4.63. The van der Waals surface area contributed by atoms with E-state index >= 15 is 0 Å². The molecule has 2 unspecified atom stereocenters. The molecule has 0 saturated carbocycles. The Hall–Kier alpha value is -0.290. The van der Waals surface area contributed by atoms with E-state index in [1.807, 2.05) is 0 Å². The second-order valence-electron chi connectivity index (χ2n) is 2.35. The van der Waals surface area contributed by atoms with Gasteiger partial charge in [-0.25, -0.2) is 0 Å². The van der Waals surface area contributed by atoms with Gasteiger partial charge in [-0.3, -0.25) is 0 Å². The first-order chi connectivity index (χ1) is 3.88. The number of alkyl halides is 3. The Morgan fingerprint density at radius 2 is 1.78 bits per heavy atom. The van der Waals surface area contributed by atoms with Crippen molar-refractivity contribution in [3.8, 4) is 0 Å². The third-order valence-electron chi connectivity index (χ3n) is 1.69. The number of hydrogen-bond acceptors (Lipinski definition) is 1. The molecule has 1 rings (SSSR count). The number of quaternary nitrogens is 1. The summed E-state index contributed by atoms with van der Waals surface area (Å²) in [7, 11) is 1.10. The topological polar surface area (TPSA) is 21.9 Å². The highest BCUT2D eigenvalue weighted by Gasteiger charge is 2.68. The molecule has 0 aromatic heterocycles. The Balaban J connectivity index is 2.64. The molecule has 0 aromatic rings. The summed E-state index contributed by atoms with van der Waals surface area (Å²) in [6, 6.07) is 0. The maximum atomic E-state index is 11.8. The fraction of sp³-hybridized carbons (Fsp3) is 1.00. The molecule has 1 aliphatic rings. The molecule has 0 aromatic carbocycles. The Morgan fingerprint density at radius 3 is 1.78 bits per heavy atom. The van der Waals surface area contributed by atoms with E-state index in [1.165, 1.54) is 6.92 Å². The molecule has 0 spiro atoms. The third kappa shape index (κ3) is 0.801. The Morgan fingerprint density at radius 1 is 1.44 bits per heavy atom. The van der Waals surface area contributed by atoms with Crippen molar-refractivity contribution in [2.45, 2.75) is 19.4 Å². The second kappa shape index (κ2) is 1.41. The van der Waals surface area contributed by atoms with Crippen molar-refractivity contribution in [1.29, 1.82) is 0 Å². The van der Waals surface area contributed by atoms with Crippen LogP contribution < -0.4 is 5.43 Å². The van der Waals surface area contributed by atoms with Gasteiger partial charge in [-0.05, 0) is 0 Å². The molecule has 1 heterocycles. The zero-order valence-electron chi connectivity index (χ0n) is 5.16. The monoisotopic (exact) mass is 141 g/mol. The van der Waals surface area contributed by atoms with Gasteiger partial charge >= 0.3 is 6.30 Å². The van der Waals surface area contributed by atoms with Gasteiger partial charge in [-0.1, -0.05) is 5.43 Å². The highest BCUT2D eigenvalue weighted by Crippen LogP contribution is 2.36. The van der Waals surface area contributed by atoms with E-state index in [-0.39, 0.29) is 0 Å². The van der Waals surface area contributed by atoms with Crippen LogP contribution in [0, 0.1) is 0 Å². The van der Waals surface area contributed by atoms with Crippen LogP contribution in [0.4, 0.5) is 13.2 Å². The molecule has 2 atom stereocenters. The van der Waals surface area contributed by atoms with Crippen LogP contribution in [0.5, 0.6) is 0 Å². The molecule has 1 saturated heterocycles. The summed E-state index contributed by atoms with van der Waals surface area (Å²) in [6.45, 7) is 1.49. The van der Waals surface area contributed by atoms with Crippen LogP contribution in [-0.4, -0.2) is 24.1 Å². The minimum absolute atomic E-state index is 0.481. The molecule has 0 radical (unpaired) electrons. The van der Waals surface area contributed by atoms with Crippen LogP contribution in [-0.2, 0) is 0 Å². The van der Waals surface area contributed by atoms with Gasteiger partial charge in [0.1, 0.15) is 0 Å². The SMILES string of the molecule is CC1N[N+]1(C)C(F)(F)F. The second-order valence-corrected chi connectivity index (χ2v) is 2.35. The molecule has 5 heteroatoms. The zero-order chi connectivity index (χ0) is 7.28. The largest absolute Gasteiger partial charge is 0.581 e. The van der Waals surface area contributed by atoms with Crippen LogP contribution in [0.2, 0.25) is 0 Å². The maximum Gasteiger partial charge on any atom is 0.581 e. The van der Waals surface area contributed by atoms with Gasteiger partial charge in [0, 0.05) is 6.92 Å². The summed E-state index contributed by atoms with van der Waals surface area (Å²) in [4.78, 5) is 0. The van der Waals surface area contributed by atoms with Gasteiger partial charge in [-0.2, -0.15) is 0 Å². The first-order valence-electron chi connectivity index (χ1n) is 2.59. The van der Waals surface area contributed by atoms with Crippen LogP contribution in [0.25, 0.3) is 0 Å². The molecule has 1 N–H and O–H groups in total. The molecule has 0 amide bonds. The number of hydrogen-bond donors (Lipinski definition) is 1. The van der Waals surface area contributed by atoms with Crippen molar-refractivity contribution in [1.82, 2.24) is 5.43 Å². The van der Waals surface area contributed by atoms with E-state index in [0.29, 0.717) is 0 Å². The zero-order valence-corrected chi connectivity index (χ0v) is 5.16. The molecule has 54 valence electrons. The van der Waals surface area contributed by atoms with Gasteiger partial charge in [0.15, 0.2) is 0 Å². The summed E-state index contributed by atoms with van der Waals surface area (Å²) >= 11 is 0. The number of nitrogens with zero attached hydrogens (tertiary/aromatic N) is 1. The lowest BCUT2D eigenvalue weighted by Gasteiger charge is -2.11. The van der Waals surface area contributed by atoms with Gasteiger partial charge in [0.25, 0.3) is 0 Å². The molecular weight excluding hydrogens is 133 g/mol. The minimum Gasteiger partial charge on any atom is -0.133 e. The van der Waals surface area contributed by atoms with Crippen molar-refractivity contribution in [2.75, 3.05) is 7.05 Å². The number of halogens is 3. The molecule has 0 bridgehead atoms. The lowest BCUT2D eigenvalue weighted by atomic mass is 10.6. The van der Waals surface area contributed by atoms with Crippen LogP contribution in [0.15, 0.2) is 0 Å². The van der Waals surface area contributed by atoms with Crippen molar-refractivity contribution < 1.29 is 17.8 Å². The van der Waals surface area contributed by atoms with E-state index in [1.54, 1.807) is 0 Å². The van der Waals surface area contributed by atoms with E-state index in [9.17, 15) is 13.2 Å². The normalized spacial score (nSPS) is 43.0. The van der Waals surface area contributed by atoms with Crippen molar-refractivity contribution in [3.63, 3.8) is 0 Å². The average Bonchev–Trinajstić information content (AvgIpc) is 2.13. The average molecular weight is 141 g/mol. The Bertz CT molecular complexity index is 132. The fourth-order valence-electron chi connectivity index (χ4n) is 0.648. The predicted molar refractivity (Wildman–Crippen MR) is 24.8 cm³/mol. The molecule has 1 fully saturated rings.